The van der Waals surface area contributed by atoms with Crippen LogP contribution in [0.1, 0.15) is 5.56 Å². The van der Waals surface area contributed by atoms with Gasteiger partial charge in [-0.2, -0.15) is 0 Å². The summed E-state index contributed by atoms with van der Waals surface area (Å²) in [6, 6.07) is 5.07. The predicted octanol–water partition coefficient (Wildman–Crippen LogP) is 1.12. The number of carboxylic acid groups (broad SMARTS) is 1. The highest BCUT2D eigenvalue weighted by Crippen LogP contribution is 2.28. The topological polar surface area (TPSA) is 75.6 Å². The fourth-order valence-corrected chi connectivity index (χ4v) is 1.37. The smallest absolute Gasteiger partial charge is 0.328 e. The van der Waals surface area contributed by atoms with E-state index in [1.165, 1.54) is 6.08 Å². The first-order chi connectivity index (χ1) is 7.65. The Balaban J connectivity index is 2.27. The van der Waals surface area contributed by atoms with Crippen molar-refractivity contribution in [1.82, 2.24) is 0 Å². The lowest BCUT2D eigenvalue weighted by Gasteiger charge is -2.17. The fourth-order valence-electron chi connectivity index (χ4n) is 1.37. The number of hydrogen-bond acceptors (Lipinski definition) is 3. The Labute approximate surface area is 91.3 Å². The zero-order valence-corrected chi connectivity index (χ0v) is 8.27. The first-order valence-corrected chi connectivity index (χ1v) is 4.63. The van der Waals surface area contributed by atoms with Gasteiger partial charge in [-0.15, -0.1) is 0 Å². The number of carboxylic acids is 1. The van der Waals surface area contributed by atoms with Gasteiger partial charge in [0.15, 0.2) is 6.61 Å². The molecule has 1 heterocycles. The number of hydrogen-bond donors (Lipinski definition) is 2. The molecule has 0 spiro atoms. The molecular weight excluding hydrogens is 210 g/mol. The molecule has 0 aliphatic carbocycles. The SMILES string of the molecule is O=C(O)/C=C/c1ccc2c(c1)NC(=O)CO2. The maximum absolute atomic E-state index is 11.1. The summed E-state index contributed by atoms with van der Waals surface area (Å²) in [7, 11) is 0. The summed E-state index contributed by atoms with van der Waals surface area (Å²) in [5.41, 5.74) is 1.25. The number of fused-ring (bicyclic) bond motifs is 1. The van der Waals surface area contributed by atoms with E-state index in [2.05, 4.69) is 5.32 Å². The van der Waals surface area contributed by atoms with Crippen LogP contribution in [-0.4, -0.2) is 23.6 Å². The molecule has 5 heteroatoms. The minimum absolute atomic E-state index is 0.0112. The highest BCUT2D eigenvalue weighted by Gasteiger charge is 2.15. The van der Waals surface area contributed by atoms with Crippen molar-refractivity contribution >= 4 is 23.6 Å². The van der Waals surface area contributed by atoms with Crippen molar-refractivity contribution in [3.05, 3.63) is 29.8 Å². The van der Waals surface area contributed by atoms with Crippen LogP contribution in [0.5, 0.6) is 5.75 Å². The second-order valence-electron chi connectivity index (χ2n) is 3.26. The second kappa shape index (κ2) is 4.06. The number of anilines is 1. The van der Waals surface area contributed by atoms with Crippen LogP contribution in [0.2, 0.25) is 0 Å². The zero-order chi connectivity index (χ0) is 11.5. The summed E-state index contributed by atoms with van der Waals surface area (Å²) in [4.78, 5) is 21.4. The van der Waals surface area contributed by atoms with Crippen LogP contribution in [0.4, 0.5) is 5.69 Å². The molecule has 82 valence electrons. The fraction of sp³-hybridized carbons (Fsp3) is 0.0909. The van der Waals surface area contributed by atoms with Gasteiger partial charge in [0.25, 0.3) is 5.91 Å². The third-order valence-corrected chi connectivity index (χ3v) is 2.05. The van der Waals surface area contributed by atoms with Crippen LogP contribution in [-0.2, 0) is 9.59 Å². The first-order valence-electron chi connectivity index (χ1n) is 4.63. The molecule has 16 heavy (non-hydrogen) atoms. The Bertz CT molecular complexity index is 479. The molecule has 1 aliphatic rings. The van der Waals surface area contributed by atoms with Gasteiger partial charge in [0.1, 0.15) is 5.75 Å². The minimum atomic E-state index is -1.02. The quantitative estimate of drug-likeness (QED) is 0.731. The molecule has 1 aromatic carbocycles. The minimum Gasteiger partial charge on any atom is -0.482 e. The largest absolute Gasteiger partial charge is 0.482 e. The van der Waals surface area contributed by atoms with E-state index in [1.54, 1.807) is 18.2 Å². The monoisotopic (exact) mass is 219 g/mol. The molecule has 0 saturated carbocycles. The third kappa shape index (κ3) is 2.20. The Kier molecular flexibility index (Phi) is 2.59. The van der Waals surface area contributed by atoms with Crippen molar-refractivity contribution in [3.8, 4) is 5.75 Å². The van der Waals surface area contributed by atoms with Gasteiger partial charge in [-0.05, 0) is 23.8 Å². The van der Waals surface area contributed by atoms with E-state index in [-0.39, 0.29) is 12.5 Å². The average molecular weight is 219 g/mol. The number of rotatable bonds is 2. The zero-order valence-electron chi connectivity index (χ0n) is 8.27. The van der Waals surface area contributed by atoms with Crippen molar-refractivity contribution in [2.45, 2.75) is 0 Å². The van der Waals surface area contributed by atoms with Gasteiger partial charge in [0.05, 0.1) is 5.69 Å². The van der Waals surface area contributed by atoms with Gasteiger partial charge >= 0.3 is 5.97 Å². The number of aliphatic carboxylic acids is 1. The van der Waals surface area contributed by atoms with Crippen LogP contribution in [0.25, 0.3) is 6.08 Å². The highest BCUT2D eigenvalue weighted by molar-refractivity contribution is 5.96. The van der Waals surface area contributed by atoms with Crippen molar-refractivity contribution in [3.63, 3.8) is 0 Å². The normalized spacial score (nSPS) is 14.1. The summed E-state index contributed by atoms with van der Waals surface area (Å²) in [6.07, 6.45) is 2.48. The summed E-state index contributed by atoms with van der Waals surface area (Å²) in [5, 5.41) is 11.1. The molecule has 0 aromatic heterocycles. The van der Waals surface area contributed by atoms with E-state index < -0.39 is 5.97 Å². The van der Waals surface area contributed by atoms with Crippen LogP contribution >= 0.6 is 0 Å². The average Bonchev–Trinajstić information content (AvgIpc) is 2.25. The number of carbonyl (C=O) groups excluding carboxylic acids is 1. The maximum Gasteiger partial charge on any atom is 0.328 e. The lowest BCUT2D eigenvalue weighted by atomic mass is 10.1. The molecule has 0 unspecified atom stereocenters. The molecule has 1 aromatic rings. The molecule has 0 fully saturated rings. The molecule has 2 rings (SSSR count). The Morgan fingerprint density at radius 1 is 1.50 bits per heavy atom. The molecule has 1 aliphatic heterocycles. The van der Waals surface area contributed by atoms with Gasteiger partial charge in [-0.3, -0.25) is 4.79 Å². The van der Waals surface area contributed by atoms with Crippen LogP contribution in [0.3, 0.4) is 0 Å². The molecule has 0 saturated heterocycles. The van der Waals surface area contributed by atoms with Crippen molar-refractivity contribution in [2.75, 3.05) is 11.9 Å². The lowest BCUT2D eigenvalue weighted by molar-refractivity contribution is -0.131. The molecule has 2 N–H and O–H groups in total. The molecule has 0 bridgehead atoms. The van der Waals surface area contributed by atoms with E-state index in [1.807, 2.05) is 0 Å². The number of ether oxygens (including phenoxy) is 1. The Hall–Kier alpha value is -2.30. The summed E-state index contributed by atoms with van der Waals surface area (Å²) < 4.78 is 5.16. The van der Waals surface area contributed by atoms with E-state index in [4.69, 9.17) is 9.84 Å². The first kappa shape index (κ1) is 10.2. The Morgan fingerprint density at radius 3 is 3.06 bits per heavy atom. The van der Waals surface area contributed by atoms with Crippen molar-refractivity contribution in [1.29, 1.82) is 0 Å². The van der Waals surface area contributed by atoms with Crippen molar-refractivity contribution in [2.24, 2.45) is 0 Å². The van der Waals surface area contributed by atoms with E-state index >= 15 is 0 Å². The van der Waals surface area contributed by atoms with E-state index in [0.29, 0.717) is 17.0 Å². The maximum atomic E-state index is 11.1. The second-order valence-corrected chi connectivity index (χ2v) is 3.26. The van der Waals surface area contributed by atoms with Crippen LogP contribution in [0, 0.1) is 0 Å². The molecular formula is C11H9NO4. The molecule has 0 radical (unpaired) electrons. The summed E-state index contributed by atoms with van der Waals surface area (Å²) >= 11 is 0. The number of carbonyl (C=O) groups is 2. The van der Waals surface area contributed by atoms with Crippen LogP contribution < -0.4 is 10.1 Å². The number of amides is 1. The van der Waals surface area contributed by atoms with Crippen LogP contribution in [0.15, 0.2) is 24.3 Å². The van der Waals surface area contributed by atoms with E-state index in [9.17, 15) is 9.59 Å². The van der Waals surface area contributed by atoms with Gasteiger partial charge < -0.3 is 15.2 Å². The summed E-state index contributed by atoms with van der Waals surface area (Å²) in [5.74, 6) is -0.642. The number of nitrogens with one attached hydrogen (secondary N) is 1. The van der Waals surface area contributed by atoms with E-state index in [0.717, 1.165) is 6.08 Å². The lowest BCUT2D eigenvalue weighted by Crippen LogP contribution is -2.25. The molecule has 0 atom stereocenters. The van der Waals surface area contributed by atoms with Crippen molar-refractivity contribution < 1.29 is 19.4 Å². The van der Waals surface area contributed by atoms with Gasteiger partial charge in [-0.25, -0.2) is 4.79 Å². The molecule has 5 nitrogen and oxygen atoms in total. The summed E-state index contributed by atoms with van der Waals surface area (Å²) in [6.45, 7) is 0.0112. The molecule has 1 amide bonds. The van der Waals surface area contributed by atoms with Gasteiger partial charge in [-0.1, -0.05) is 6.07 Å². The van der Waals surface area contributed by atoms with Gasteiger partial charge in [0.2, 0.25) is 0 Å². The number of benzene rings is 1. The highest BCUT2D eigenvalue weighted by atomic mass is 16.5. The standard InChI is InChI=1S/C11H9NO4/c13-10-6-16-9-3-1-7(2-4-11(14)15)5-8(9)12-10/h1-5H,6H2,(H,12,13)(H,14,15)/b4-2+. The van der Waals surface area contributed by atoms with Gasteiger partial charge in [0, 0.05) is 6.08 Å². The third-order valence-electron chi connectivity index (χ3n) is 2.05. The Morgan fingerprint density at radius 2 is 2.31 bits per heavy atom. The predicted molar refractivity (Wildman–Crippen MR) is 57.2 cm³/mol.